The third-order valence-corrected chi connectivity index (χ3v) is 3.94. The van der Waals surface area contributed by atoms with Gasteiger partial charge < -0.3 is 31.4 Å². The summed E-state index contributed by atoms with van der Waals surface area (Å²) in [5.74, 6) is -1.08. The van der Waals surface area contributed by atoms with Gasteiger partial charge in [-0.2, -0.15) is 0 Å². The Morgan fingerprint density at radius 3 is 1.04 bits per heavy atom. The van der Waals surface area contributed by atoms with E-state index < -0.39 is 5.97 Å². The number of aliphatic carboxylic acids is 1. The van der Waals surface area contributed by atoms with Gasteiger partial charge in [0.25, 0.3) is 0 Å². The summed E-state index contributed by atoms with van der Waals surface area (Å²) in [6.07, 6.45) is 11.1. The fourth-order valence-corrected chi connectivity index (χ4v) is 2.64. The number of rotatable bonds is 12. The summed E-state index contributed by atoms with van der Waals surface area (Å²) in [5, 5.41) is 8.89. The molecular weight excluding hydrogens is 407 g/mol. The smallest absolute Gasteiger partial charge is 0.0786 e. The van der Waals surface area contributed by atoms with Gasteiger partial charge in [-0.1, -0.05) is 53.4 Å². The molecule has 0 aliphatic carbocycles. The molecule has 0 N–H and O–H groups in total. The van der Waals surface area contributed by atoms with E-state index in [9.17, 15) is 0 Å². The minimum atomic E-state index is -1.08. The molecule has 0 aliphatic heterocycles. The molecule has 0 heterocycles. The van der Waals surface area contributed by atoms with Crippen molar-refractivity contribution in [2.45, 2.75) is 86.0 Å². The molecule has 0 aliphatic rings. The Hall–Kier alpha value is 0.533. The Morgan fingerprint density at radius 1 is 0.739 bits per heavy atom. The maximum absolute atomic E-state index is 8.89. The van der Waals surface area contributed by atoms with Gasteiger partial charge in [0.2, 0.25) is 0 Å². The predicted molar refractivity (Wildman–Crippen MR) is 90.0 cm³/mol. The van der Waals surface area contributed by atoms with Gasteiger partial charge >= 0.3 is 0 Å². The summed E-state index contributed by atoms with van der Waals surface area (Å²) in [6.45, 7) is 16.0. The van der Waals surface area contributed by atoms with Crippen LogP contribution in [0.3, 0.4) is 0 Å². The molecule has 0 atom stereocenters. The average Bonchev–Trinajstić information content (AvgIpc) is 2.45. The molecule has 0 saturated heterocycles. The standard InChI is InChI=1S/C16H36N.C2H4O2.BrH.Zn/c1-5-9-13-17(14-10-6-2,15-11-7-3)16-12-8-4;1-2(3)4;;/h5-16H2,1-4H3;1H3,(H,3,4);1H;/q+1;;;/p-2. The zero-order valence-corrected chi connectivity index (χ0v) is 20.9. The zero-order chi connectivity index (χ0) is 16.6. The van der Waals surface area contributed by atoms with Crippen molar-refractivity contribution in [3.8, 4) is 0 Å². The van der Waals surface area contributed by atoms with Crippen molar-refractivity contribution >= 4 is 5.97 Å². The van der Waals surface area contributed by atoms with Crippen molar-refractivity contribution in [2.75, 3.05) is 26.2 Å². The third kappa shape index (κ3) is 22.5. The van der Waals surface area contributed by atoms with Gasteiger partial charge in [-0.3, -0.25) is 0 Å². The van der Waals surface area contributed by atoms with E-state index in [0.717, 1.165) is 6.92 Å². The van der Waals surface area contributed by atoms with E-state index >= 15 is 0 Å². The molecule has 0 fully saturated rings. The summed E-state index contributed by atoms with van der Waals surface area (Å²) in [7, 11) is 0. The summed E-state index contributed by atoms with van der Waals surface area (Å²) in [4.78, 5) is 8.89. The van der Waals surface area contributed by atoms with Crippen LogP contribution in [0.2, 0.25) is 0 Å². The monoisotopic (exact) mass is 444 g/mol. The van der Waals surface area contributed by atoms with Gasteiger partial charge in [0.05, 0.1) is 26.2 Å². The van der Waals surface area contributed by atoms with Crippen LogP contribution in [0.15, 0.2) is 0 Å². The number of hydrogen-bond donors (Lipinski definition) is 0. The molecule has 3 nitrogen and oxygen atoms in total. The van der Waals surface area contributed by atoms with Crippen LogP contribution in [0.5, 0.6) is 0 Å². The van der Waals surface area contributed by atoms with E-state index in [-0.39, 0.29) is 36.5 Å². The first-order chi connectivity index (χ1) is 9.97. The number of hydrogen-bond acceptors (Lipinski definition) is 2. The first-order valence-electron chi connectivity index (χ1n) is 9.00. The first kappa shape index (κ1) is 31.3. The number of nitrogens with zero attached hydrogens (tertiary/aromatic N) is 1. The summed E-state index contributed by atoms with van der Waals surface area (Å²) in [6, 6.07) is 0. The molecule has 0 radical (unpaired) electrons. The second-order valence-corrected chi connectivity index (χ2v) is 6.14. The van der Waals surface area contributed by atoms with Gasteiger partial charge in [0.15, 0.2) is 0 Å². The number of carbonyl (C=O) groups excluding carboxylic acids is 1. The van der Waals surface area contributed by atoms with Crippen molar-refractivity contribution in [1.29, 1.82) is 0 Å². The minimum Gasteiger partial charge on any atom is -1.00 e. The van der Waals surface area contributed by atoms with Crippen LogP contribution in [0.25, 0.3) is 0 Å². The van der Waals surface area contributed by atoms with E-state index in [1.807, 2.05) is 0 Å². The molecular formula is C18H39BrNO2Zn-. The number of carbonyl (C=O) groups is 1. The van der Waals surface area contributed by atoms with E-state index in [4.69, 9.17) is 9.90 Å². The van der Waals surface area contributed by atoms with E-state index in [1.54, 1.807) is 0 Å². The normalized spacial score (nSPS) is 9.96. The minimum absolute atomic E-state index is 0. The Bertz CT molecular complexity index is 200. The Kier molecular flexibility index (Phi) is 30.7. The van der Waals surface area contributed by atoms with Crippen LogP contribution in [0.4, 0.5) is 0 Å². The fraction of sp³-hybridized carbons (Fsp3) is 0.944. The van der Waals surface area contributed by atoms with Crippen LogP contribution in [0.1, 0.15) is 86.0 Å². The van der Waals surface area contributed by atoms with E-state index in [2.05, 4.69) is 27.7 Å². The molecule has 0 aromatic heterocycles. The second-order valence-electron chi connectivity index (χ2n) is 6.14. The molecule has 0 rings (SSSR count). The van der Waals surface area contributed by atoms with E-state index in [1.165, 1.54) is 82.0 Å². The molecule has 0 amide bonds. The van der Waals surface area contributed by atoms with Gasteiger partial charge in [-0.25, -0.2) is 0 Å². The summed E-state index contributed by atoms with van der Waals surface area (Å²) < 4.78 is 1.42. The molecule has 138 valence electrons. The molecule has 0 saturated carbocycles. The second kappa shape index (κ2) is 22.5. The van der Waals surface area contributed by atoms with E-state index in [0.29, 0.717) is 0 Å². The molecule has 0 unspecified atom stereocenters. The third-order valence-electron chi connectivity index (χ3n) is 3.94. The maximum Gasteiger partial charge on any atom is 0.0786 e. The van der Waals surface area contributed by atoms with Crippen molar-refractivity contribution in [1.82, 2.24) is 0 Å². The molecule has 0 aromatic rings. The summed E-state index contributed by atoms with van der Waals surface area (Å²) >= 11 is 0. The first-order valence-corrected chi connectivity index (χ1v) is 9.00. The number of quaternary nitrogens is 1. The number of unbranched alkanes of at least 4 members (excludes halogenated alkanes) is 4. The number of carboxylic acid groups (broad SMARTS) is 1. The van der Waals surface area contributed by atoms with Crippen LogP contribution in [-0.4, -0.2) is 36.6 Å². The summed E-state index contributed by atoms with van der Waals surface area (Å²) in [5.41, 5.74) is 0. The molecule has 23 heavy (non-hydrogen) atoms. The van der Waals surface area contributed by atoms with Gasteiger partial charge in [0, 0.05) is 25.4 Å². The Balaban J connectivity index is -0.000000268. The molecule has 5 heteroatoms. The largest absolute Gasteiger partial charge is 1.00 e. The zero-order valence-electron chi connectivity index (χ0n) is 16.3. The van der Waals surface area contributed by atoms with Gasteiger partial charge in [0.1, 0.15) is 0 Å². The molecule has 0 aromatic carbocycles. The van der Waals surface area contributed by atoms with Crippen LogP contribution < -0.4 is 22.1 Å². The maximum atomic E-state index is 8.89. The van der Waals surface area contributed by atoms with Crippen molar-refractivity contribution in [3.05, 3.63) is 0 Å². The molecule has 0 spiro atoms. The van der Waals surface area contributed by atoms with Crippen molar-refractivity contribution in [2.24, 2.45) is 0 Å². The van der Waals surface area contributed by atoms with Crippen molar-refractivity contribution < 1.29 is 50.8 Å². The topological polar surface area (TPSA) is 40.1 Å². The molecule has 0 bridgehead atoms. The number of halogens is 1. The SMILES string of the molecule is CC(=O)[O-].CCCC[N+](CCCC)(CCCC)CCCC.[Br-].[Zn]. The Labute approximate surface area is 168 Å². The van der Waals surface area contributed by atoms with Crippen LogP contribution in [-0.2, 0) is 24.3 Å². The predicted octanol–water partition coefficient (Wildman–Crippen LogP) is 0.761. The van der Waals surface area contributed by atoms with Gasteiger partial charge in [-0.15, -0.1) is 0 Å². The quantitative estimate of drug-likeness (QED) is 0.328. The van der Waals surface area contributed by atoms with Crippen molar-refractivity contribution in [3.63, 3.8) is 0 Å². The fourth-order valence-electron chi connectivity index (χ4n) is 2.64. The average molecular weight is 447 g/mol. The van der Waals surface area contributed by atoms with Crippen LogP contribution >= 0.6 is 0 Å². The van der Waals surface area contributed by atoms with Gasteiger partial charge in [-0.05, 0) is 32.6 Å². The number of carboxylic acids is 1. The Morgan fingerprint density at radius 2 is 0.913 bits per heavy atom. The van der Waals surface area contributed by atoms with Crippen LogP contribution in [0, 0.1) is 0 Å².